The van der Waals surface area contributed by atoms with E-state index in [1.54, 1.807) is 0 Å². The summed E-state index contributed by atoms with van der Waals surface area (Å²) in [6.45, 7) is 1.59. The van der Waals surface area contributed by atoms with Gasteiger partial charge in [0.05, 0.1) is 29.3 Å². The fraction of sp³-hybridized carbons (Fsp3) is 0.550. The smallest absolute Gasteiger partial charge is 0.340 e. The van der Waals surface area contributed by atoms with Crippen molar-refractivity contribution in [3.05, 3.63) is 29.8 Å². The van der Waals surface area contributed by atoms with Crippen LogP contribution in [0.5, 0.6) is 0 Å². The minimum absolute atomic E-state index is 0.287. The maximum absolute atomic E-state index is 13.3. The molecule has 168 valence electrons. The lowest BCUT2D eigenvalue weighted by Crippen LogP contribution is -2.74. The molecule has 1 aromatic rings. The number of fused-ring (bicyclic) bond motifs is 1. The molecule has 3 saturated heterocycles. The Morgan fingerprint density at radius 3 is 2.48 bits per heavy atom. The number of rotatable bonds is 3. The first-order valence-corrected chi connectivity index (χ1v) is 10.3. The molecule has 4 N–H and O–H groups in total. The van der Waals surface area contributed by atoms with Gasteiger partial charge < -0.3 is 16.0 Å². The first-order chi connectivity index (χ1) is 14.7. The van der Waals surface area contributed by atoms with Crippen molar-refractivity contribution in [2.75, 3.05) is 18.4 Å². The molecule has 31 heavy (non-hydrogen) atoms. The average Bonchev–Trinajstić information content (AvgIpc) is 2.73. The number of piperidine rings is 2. The van der Waals surface area contributed by atoms with E-state index in [-0.39, 0.29) is 6.42 Å². The number of hydrogen-bond acceptors (Lipinski definition) is 5. The number of likely N-dealkylation sites (tertiary alicyclic amines) is 1. The van der Waals surface area contributed by atoms with E-state index in [1.807, 2.05) is 0 Å². The molecule has 0 saturated carbocycles. The van der Waals surface area contributed by atoms with Crippen LogP contribution in [0.25, 0.3) is 0 Å². The lowest BCUT2D eigenvalue weighted by Gasteiger charge is -2.47. The number of para-hydroxylation sites is 1. The molecule has 3 fully saturated rings. The highest BCUT2D eigenvalue weighted by atomic mass is 19.4. The van der Waals surface area contributed by atoms with Crippen LogP contribution < -0.4 is 21.3 Å². The van der Waals surface area contributed by atoms with Crippen molar-refractivity contribution in [3.63, 3.8) is 0 Å². The third-order valence-corrected chi connectivity index (χ3v) is 6.02. The number of hydrogen-bond donors (Lipinski definition) is 4. The predicted octanol–water partition coefficient (Wildman–Crippen LogP) is 1.21. The Morgan fingerprint density at radius 1 is 1.06 bits per heavy atom. The molecule has 3 aliphatic heterocycles. The summed E-state index contributed by atoms with van der Waals surface area (Å²) >= 11 is 0. The lowest BCUT2D eigenvalue weighted by atomic mass is 9.81. The summed E-state index contributed by atoms with van der Waals surface area (Å²) in [7, 11) is 0. The highest BCUT2D eigenvalue weighted by Gasteiger charge is 2.49. The number of nitrogens with one attached hydrogen (secondary N) is 4. The molecule has 3 heterocycles. The van der Waals surface area contributed by atoms with Crippen molar-refractivity contribution in [3.8, 4) is 0 Å². The summed E-state index contributed by atoms with van der Waals surface area (Å²) < 4.78 is 39.8. The van der Waals surface area contributed by atoms with Crippen LogP contribution >= 0.6 is 0 Å². The second-order valence-corrected chi connectivity index (χ2v) is 8.09. The van der Waals surface area contributed by atoms with E-state index >= 15 is 0 Å². The van der Waals surface area contributed by atoms with E-state index in [0.717, 1.165) is 44.5 Å². The number of anilines is 1. The standard InChI is InChI=1S/C20H24F3N5O3/c21-20(22,23)12-6-2-3-7-13(12)24-17(30)11-10-14(29)25-16-15(11)18(31)27-19(26-16)28-8-4-1-5-9-28/h2-3,6-7,11,15-16,19,26H,1,4-5,8-10H2,(H,24,30)(H,25,29)(H,27,31). The number of carbonyl (C=O) groups is 3. The molecular weight excluding hydrogens is 415 g/mol. The summed E-state index contributed by atoms with van der Waals surface area (Å²) in [4.78, 5) is 40.1. The minimum atomic E-state index is -4.65. The first kappa shape index (κ1) is 21.6. The van der Waals surface area contributed by atoms with Crippen molar-refractivity contribution in [2.24, 2.45) is 11.8 Å². The van der Waals surface area contributed by atoms with Crippen molar-refractivity contribution in [2.45, 2.75) is 44.3 Å². The Labute approximate surface area is 176 Å². The van der Waals surface area contributed by atoms with Gasteiger partial charge in [-0.1, -0.05) is 18.6 Å². The molecule has 0 bridgehead atoms. The molecule has 0 aliphatic carbocycles. The lowest BCUT2D eigenvalue weighted by molar-refractivity contribution is -0.148. The van der Waals surface area contributed by atoms with Crippen LogP contribution in [0.3, 0.4) is 0 Å². The van der Waals surface area contributed by atoms with Crippen LogP contribution in [0.15, 0.2) is 24.3 Å². The molecule has 4 atom stereocenters. The van der Waals surface area contributed by atoms with Gasteiger partial charge in [0.2, 0.25) is 17.7 Å². The van der Waals surface area contributed by atoms with Gasteiger partial charge in [-0.3, -0.25) is 24.6 Å². The third kappa shape index (κ3) is 4.52. The van der Waals surface area contributed by atoms with E-state index < -0.39 is 59.4 Å². The van der Waals surface area contributed by atoms with Crippen LogP contribution in [0.4, 0.5) is 18.9 Å². The van der Waals surface area contributed by atoms with Gasteiger partial charge in [-0.05, 0) is 25.0 Å². The summed E-state index contributed by atoms with van der Waals surface area (Å²) in [5, 5.41) is 11.0. The quantitative estimate of drug-likeness (QED) is 0.567. The van der Waals surface area contributed by atoms with Crippen molar-refractivity contribution in [1.82, 2.24) is 20.9 Å². The number of alkyl halides is 3. The molecule has 3 amide bonds. The highest BCUT2D eigenvalue weighted by molar-refractivity contribution is 6.00. The predicted molar refractivity (Wildman–Crippen MR) is 104 cm³/mol. The van der Waals surface area contributed by atoms with Crippen LogP contribution in [-0.2, 0) is 20.6 Å². The maximum atomic E-state index is 13.3. The third-order valence-electron chi connectivity index (χ3n) is 6.02. The summed E-state index contributed by atoms with van der Waals surface area (Å²) in [6, 6.07) is 4.61. The molecule has 0 spiro atoms. The Morgan fingerprint density at radius 2 is 1.77 bits per heavy atom. The normalized spacial score (nSPS) is 29.5. The summed E-state index contributed by atoms with van der Waals surface area (Å²) in [6.07, 6.45) is -3.08. The van der Waals surface area contributed by atoms with Gasteiger partial charge in [-0.2, -0.15) is 13.2 Å². The van der Waals surface area contributed by atoms with Crippen molar-refractivity contribution < 1.29 is 27.6 Å². The van der Waals surface area contributed by atoms with Gasteiger partial charge in [0.1, 0.15) is 6.29 Å². The SMILES string of the molecule is O=C1CC(C(=O)Nc2ccccc2C(F)(F)F)C2C(=O)NC(N3CCCCC3)NC2N1. The zero-order valence-corrected chi connectivity index (χ0v) is 16.7. The van der Waals surface area contributed by atoms with Gasteiger partial charge >= 0.3 is 6.18 Å². The summed E-state index contributed by atoms with van der Waals surface area (Å²) in [5.74, 6) is -3.68. The van der Waals surface area contributed by atoms with Crippen molar-refractivity contribution >= 4 is 23.4 Å². The Kier molecular flexibility index (Phi) is 5.89. The average molecular weight is 439 g/mol. The molecule has 4 rings (SSSR count). The second-order valence-electron chi connectivity index (χ2n) is 8.09. The fourth-order valence-electron chi connectivity index (χ4n) is 4.50. The van der Waals surface area contributed by atoms with E-state index in [9.17, 15) is 27.6 Å². The van der Waals surface area contributed by atoms with Crippen LogP contribution in [-0.4, -0.2) is 48.2 Å². The summed E-state index contributed by atoms with van der Waals surface area (Å²) in [5.41, 5.74) is -1.39. The second kappa shape index (κ2) is 8.46. The van der Waals surface area contributed by atoms with Gasteiger partial charge in [0, 0.05) is 19.5 Å². The Balaban J connectivity index is 1.52. The number of benzene rings is 1. The Hall–Kier alpha value is -2.66. The van der Waals surface area contributed by atoms with Crippen LogP contribution in [0, 0.1) is 11.8 Å². The van der Waals surface area contributed by atoms with Crippen LogP contribution in [0.2, 0.25) is 0 Å². The number of amides is 3. The van der Waals surface area contributed by atoms with E-state index in [4.69, 9.17) is 0 Å². The van der Waals surface area contributed by atoms with Crippen molar-refractivity contribution in [1.29, 1.82) is 0 Å². The first-order valence-electron chi connectivity index (χ1n) is 10.3. The number of halogens is 3. The molecule has 4 unspecified atom stereocenters. The highest BCUT2D eigenvalue weighted by Crippen LogP contribution is 2.35. The zero-order valence-electron chi connectivity index (χ0n) is 16.7. The number of carbonyl (C=O) groups excluding carboxylic acids is 3. The fourth-order valence-corrected chi connectivity index (χ4v) is 4.50. The molecule has 3 aliphatic rings. The molecular formula is C20H24F3N5O3. The molecule has 1 aromatic carbocycles. The van der Waals surface area contributed by atoms with E-state index in [1.165, 1.54) is 12.1 Å². The Bertz CT molecular complexity index is 872. The molecule has 0 aromatic heterocycles. The molecule has 11 heteroatoms. The van der Waals surface area contributed by atoms with Gasteiger partial charge in [0.15, 0.2) is 0 Å². The van der Waals surface area contributed by atoms with Gasteiger partial charge in [0.25, 0.3) is 0 Å². The van der Waals surface area contributed by atoms with Gasteiger partial charge in [-0.15, -0.1) is 0 Å². The van der Waals surface area contributed by atoms with Gasteiger partial charge in [-0.25, -0.2) is 0 Å². The topological polar surface area (TPSA) is 103 Å². The zero-order chi connectivity index (χ0) is 22.2. The largest absolute Gasteiger partial charge is 0.418 e. The maximum Gasteiger partial charge on any atom is 0.418 e. The van der Waals surface area contributed by atoms with E-state index in [2.05, 4.69) is 26.2 Å². The minimum Gasteiger partial charge on any atom is -0.340 e. The molecule has 0 radical (unpaired) electrons. The van der Waals surface area contributed by atoms with Crippen LogP contribution in [0.1, 0.15) is 31.2 Å². The molecule has 8 nitrogen and oxygen atoms in total. The number of nitrogens with zero attached hydrogens (tertiary/aromatic N) is 1. The monoisotopic (exact) mass is 439 g/mol. The van der Waals surface area contributed by atoms with E-state index in [0.29, 0.717) is 0 Å².